The lowest BCUT2D eigenvalue weighted by molar-refractivity contribution is -0.126. The summed E-state index contributed by atoms with van der Waals surface area (Å²) in [5, 5.41) is 7.58. The zero-order valence-corrected chi connectivity index (χ0v) is 13.6. The molecule has 0 aromatic carbocycles. The minimum Gasteiger partial charge on any atom is -0.353 e. The van der Waals surface area contributed by atoms with Crippen LogP contribution >= 0.6 is 0 Å². The minimum absolute atomic E-state index is 0.0901. The molecule has 3 atom stereocenters. The SMILES string of the molecule is Cc1nn(C)c(C)c1CC(C)NC(=O)C1CCCC(N)C1. The predicted molar refractivity (Wildman–Crippen MR) is 83.9 cm³/mol. The van der Waals surface area contributed by atoms with Crippen LogP contribution in [0.15, 0.2) is 0 Å². The summed E-state index contributed by atoms with van der Waals surface area (Å²) in [6, 6.07) is 0.310. The van der Waals surface area contributed by atoms with E-state index in [1.807, 2.05) is 18.7 Å². The maximum absolute atomic E-state index is 12.3. The number of nitrogens with one attached hydrogen (secondary N) is 1. The summed E-state index contributed by atoms with van der Waals surface area (Å²) in [7, 11) is 1.96. The van der Waals surface area contributed by atoms with Gasteiger partial charge >= 0.3 is 0 Å². The van der Waals surface area contributed by atoms with Crippen molar-refractivity contribution in [3.05, 3.63) is 17.0 Å². The standard InChI is InChI=1S/C16H28N4O/c1-10(8-15-11(2)19-20(4)12(15)3)18-16(21)13-6-5-7-14(17)9-13/h10,13-14H,5-9,17H2,1-4H3,(H,18,21). The molecule has 3 N–H and O–H groups in total. The lowest BCUT2D eigenvalue weighted by atomic mass is 9.85. The topological polar surface area (TPSA) is 72.9 Å². The van der Waals surface area contributed by atoms with Gasteiger partial charge in [-0.3, -0.25) is 9.48 Å². The molecule has 0 bridgehead atoms. The first kappa shape index (κ1) is 16.0. The van der Waals surface area contributed by atoms with Crippen LogP contribution in [0.2, 0.25) is 0 Å². The third-order valence-corrected chi connectivity index (χ3v) is 4.64. The Morgan fingerprint density at radius 1 is 1.48 bits per heavy atom. The van der Waals surface area contributed by atoms with Gasteiger partial charge in [-0.2, -0.15) is 5.10 Å². The van der Waals surface area contributed by atoms with Gasteiger partial charge < -0.3 is 11.1 Å². The Bertz CT molecular complexity index is 509. The molecule has 1 aromatic heterocycles. The fraction of sp³-hybridized carbons (Fsp3) is 0.750. The van der Waals surface area contributed by atoms with E-state index in [-0.39, 0.29) is 23.9 Å². The van der Waals surface area contributed by atoms with Crippen molar-refractivity contribution < 1.29 is 4.79 Å². The van der Waals surface area contributed by atoms with Gasteiger partial charge in [-0.15, -0.1) is 0 Å². The van der Waals surface area contributed by atoms with Crippen molar-refractivity contribution in [3.8, 4) is 0 Å². The van der Waals surface area contributed by atoms with E-state index < -0.39 is 0 Å². The number of carbonyl (C=O) groups excluding carboxylic acids is 1. The summed E-state index contributed by atoms with van der Waals surface area (Å²) in [5.74, 6) is 0.254. The maximum atomic E-state index is 12.3. The quantitative estimate of drug-likeness (QED) is 0.885. The van der Waals surface area contributed by atoms with Crippen LogP contribution in [0.5, 0.6) is 0 Å². The Balaban J connectivity index is 1.92. The molecule has 5 nitrogen and oxygen atoms in total. The normalized spacial score (nSPS) is 23.9. The molecule has 1 heterocycles. The molecule has 0 saturated heterocycles. The fourth-order valence-electron chi connectivity index (χ4n) is 3.30. The van der Waals surface area contributed by atoms with Crippen molar-refractivity contribution in [1.29, 1.82) is 0 Å². The summed E-state index contributed by atoms with van der Waals surface area (Å²) in [6.07, 6.45) is 4.73. The summed E-state index contributed by atoms with van der Waals surface area (Å²) >= 11 is 0. The number of carbonyl (C=O) groups is 1. The second-order valence-electron chi connectivity index (χ2n) is 6.51. The van der Waals surface area contributed by atoms with Gasteiger partial charge in [0.15, 0.2) is 0 Å². The average molecular weight is 292 g/mol. The van der Waals surface area contributed by atoms with Crippen LogP contribution in [-0.4, -0.2) is 27.8 Å². The van der Waals surface area contributed by atoms with Crippen LogP contribution in [-0.2, 0) is 18.3 Å². The third-order valence-electron chi connectivity index (χ3n) is 4.64. The van der Waals surface area contributed by atoms with Crippen molar-refractivity contribution in [1.82, 2.24) is 15.1 Å². The largest absolute Gasteiger partial charge is 0.353 e. The van der Waals surface area contributed by atoms with Gasteiger partial charge in [-0.1, -0.05) is 6.42 Å². The number of nitrogens with zero attached hydrogens (tertiary/aromatic N) is 2. The lowest BCUT2D eigenvalue weighted by Gasteiger charge is -2.27. The maximum Gasteiger partial charge on any atom is 0.223 e. The van der Waals surface area contributed by atoms with E-state index in [2.05, 4.69) is 24.3 Å². The van der Waals surface area contributed by atoms with Crippen LogP contribution in [0.25, 0.3) is 0 Å². The third kappa shape index (κ3) is 3.84. The highest BCUT2D eigenvalue weighted by molar-refractivity contribution is 5.79. The molecule has 0 aliphatic heterocycles. The summed E-state index contributed by atoms with van der Waals surface area (Å²) < 4.78 is 1.90. The molecule has 1 saturated carbocycles. The minimum atomic E-state index is 0.0901. The molecule has 0 spiro atoms. The van der Waals surface area contributed by atoms with Gasteiger partial charge in [0.05, 0.1) is 5.69 Å². The van der Waals surface area contributed by atoms with E-state index in [9.17, 15) is 4.79 Å². The molecular formula is C16H28N4O. The van der Waals surface area contributed by atoms with Crippen molar-refractivity contribution >= 4 is 5.91 Å². The van der Waals surface area contributed by atoms with E-state index in [1.165, 1.54) is 11.3 Å². The molecular weight excluding hydrogens is 264 g/mol. The van der Waals surface area contributed by atoms with Crippen LogP contribution in [0.3, 0.4) is 0 Å². The van der Waals surface area contributed by atoms with Crippen LogP contribution in [0, 0.1) is 19.8 Å². The first-order chi connectivity index (χ1) is 9.88. The van der Waals surface area contributed by atoms with Crippen molar-refractivity contribution in [2.45, 2.75) is 65.0 Å². The predicted octanol–water partition coefficient (Wildman–Crippen LogP) is 1.60. The summed E-state index contributed by atoms with van der Waals surface area (Å²) in [4.78, 5) is 12.3. The Hall–Kier alpha value is -1.36. The first-order valence-corrected chi connectivity index (χ1v) is 7.93. The number of hydrogen-bond acceptors (Lipinski definition) is 3. The van der Waals surface area contributed by atoms with Gasteiger partial charge in [-0.05, 0) is 52.0 Å². The monoisotopic (exact) mass is 292 g/mol. The zero-order valence-electron chi connectivity index (χ0n) is 13.6. The number of amides is 1. The number of hydrogen-bond donors (Lipinski definition) is 2. The molecule has 21 heavy (non-hydrogen) atoms. The number of nitrogens with two attached hydrogens (primary N) is 1. The molecule has 1 aromatic rings. The van der Waals surface area contributed by atoms with Gasteiger partial charge in [0, 0.05) is 30.7 Å². The number of aryl methyl sites for hydroxylation is 2. The second-order valence-corrected chi connectivity index (χ2v) is 6.51. The van der Waals surface area contributed by atoms with E-state index in [0.717, 1.165) is 37.8 Å². The second kappa shape index (κ2) is 6.60. The molecule has 1 aliphatic carbocycles. The molecule has 118 valence electrons. The molecule has 5 heteroatoms. The van der Waals surface area contributed by atoms with E-state index in [0.29, 0.717) is 0 Å². The summed E-state index contributed by atoms with van der Waals surface area (Å²) in [6.45, 7) is 6.16. The van der Waals surface area contributed by atoms with Gasteiger partial charge in [0.1, 0.15) is 0 Å². The van der Waals surface area contributed by atoms with Crippen molar-refractivity contribution in [2.75, 3.05) is 0 Å². The zero-order chi connectivity index (χ0) is 15.6. The van der Waals surface area contributed by atoms with Crippen molar-refractivity contribution in [3.63, 3.8) is 0 Å². The smallest absolute Gasteiger partial charge is 0.223 e. The van der Waals surface area contributed by atoms with Crippen LogP contribution in [0.1, 0.15) is 49.6 Å². The van der Waals surface area contributed by atoms with E-state index in [4.69, 9.17) is 5.73 Å². The van der Waals surface area contributed by atoms with Crippen molar-refractivity contribution in [2.24, 2.45) is 18.7 Å². The molecule has 1 aliphatic rings. The molecule has 1 fully saturated rings. The Morgan fingerprint density at radius 3 is 2.76 bits per heavy atom. The lowest BCUT2D eigenvalue weighted by Crippen LogP contribution is -2.42. The highest BCUT2D eigenvalue weighted by Gasteiger charge is 2.26. The molecule has 3 unspecified atom stereocenters. The Morgan fingerprint density at radius 2 is 2.19 bits per heavy atom. The van der Waals surface area contributed by atoms with Gasteiger partial charge in [-0.25, -0.2) is 0 Å². The summed E-state index contributed by atoms with van der Waals surface area (Å²) in [5.41, 5.74) is 9.44. The number of aromatic nitrogens is 2. The highest BCUT2D eigenvalue weighted by Crippen LogP contribution is 2.23. The average Bonchev–Trinajstić information content (AvgIpc) is 2.65. The molecule has 2 rings (SSSR count). The number of rotatable bonds is 4. The Kier molecular flexibility index (Phi) is 5.04. The van der Waals surface area contributed by atoms with Gasteiger partial charge in [0.25, 0.3) is 0 Å². The van der Waals surface area contributed by atoms with E-state index in [1.54, 1.807) is 0 Å². The molecule has 1 amide bonds. The fourth-order valence-corrected chi connectivity index (χ4v) is 3.30. The van der Waals surface area contributed by atoms with Gasteiger partial charge in [0.2, 0.25) is 5.91 Å². The Labute approximate surface area is 127 Å². The van der Waals surface area contributed by atoms with Crippen LogP contribution < -0.4 is 11.1 Å². The van der Waals surface area contributed by atoms with E-state index >= 15 is 0 Å². The first-order valence-electron chi connectivity index (χ1n) is 7.93. The molecule has 0 radical (unpaired) electrons. The highest BCUT2D eigenvalue weighted by atomic mass is 16.1. The van der Waals surface area contributed by atoms with Crippen LogP contribution in [0.4, 0.5) is 0 Å².